The maximum absolute atomic E-state index is 13.1. The molecule has 1 aromatic carbocycles. The Morgan fingerprint density at radius 2 is 1.94 bits per heavy atom. The van der Waals surface area contributed by atoms with Crippen molar-refractivity contribution in [2.75, 3.05) is 5.32 Å². The largest absolute Gasteiger partial charge is 0.311 e. The van der Waals surface area contributed by atoms with Crippen LogP contribution in [-0.4, -0.2) is 25.7 Å². The first-order chi connectivity index (χ1) is 14.9. The van der Waals surface area contributed by atoms with E-state index in [1.165, 1.54) is 11.3 Å². The molecule has 1 aliphatic rings. The molecule has 1 amide bonds. The molecule has 0 radical (unpaired) electrons. The minimum absolute atomic E-state index is 0.114. The Labute approximate surface area is 182 Å². The van der Waals surface area contributed by atoms with Gasteiger partial charge in [0.25, 0.3) is 11.5 Å². The fraction of sp³-hybridized carbons (Fsp3) is 0.261. The molecule has 3 aromatic heterocycles. The highest BCUT2D eigenvalue weighted by Gasteiger charge is 2.27. The molecule has 1 aliphatic carbocycles. The summed E-state index contributed by atoms with van der Waals surface area (Å²) in [4.78, 5) is 30.3. The Morgan fingerprint density at radius 1 is 1.13 bits per heavy atom. The van der Waals surface area contributed by atoms with Gasteiger partial charge in [-0.3, -0.25) is 19.9 Å². The van der Waals surface area contributed by atoms with E-state index in [0.29, 0.717) is 22.2 Å². The Bertz CT molecular complexity index is 1400. The number of hydrogen-bond donors (Lipinski definition) is 1. The summed E-state index contributed by atoms with van der Waals surface area (Å²) in [7, 11) is 1.76. The lowest BCUT2D eigenvalue weighted by Gasteiger charge is -2.12. The molecule has 31 heavy (non-hydrogen) atoms. The van der Waals surface area contributed by atoms with Gasteiger partial charge in [0, 0.05) is 41.4 Å². The predicted molar refractivity (Wildman–Crippen MR) is 122 cm³/mol. The number of fused-ring (bicyclic) bond motifs is 1. The summed E-state index contributed by atoms with van der Waals surface area (Å²) in [6, 6.07) is 9.12. The van der Waals surface area contributed by atoms with E-state index in [1.54, 1.807) is 29.9 Å². The van der Waals surface area contributed by atoms with Crippen LogP contribution in [0.5, 0.6) is 0 Å². The third-order valence-electron chi connectivity index (χ3n) is 5.62. The van der Waals surface area contributed by atoms with Crippen LogP contribution in [-0.2, 0) is 7.05 Å². The molecule has 0 bridgehead atoms. The van der Waals surface area contributed by atoms with Gasteiger partial charge < -0.3 is 4.57 Å². The van der Waals surface area contributed by atoms with E-state index in [1.807, 2.05) is 32.0 Å². The van der Waals surface area contributed by atoms with Gasteiger partial charge >= 0.3 is 0 Å². The Balaban J connectivity index is 1.52. The van der Waals surface area contributed by atoms with Gasteiger partial charge in [-0.25, -0.2) is 0 Å². The van der Waals surface area contributed by atoms with E-state index in [9.17, 15) is 9.59 Å². The second-order valence-corrected chi connectivity index (χ2v) is 9.02. The number of aryl methyl sites for hydroxylation is 3. The molecule has 156 valence electrons. The maximum Gasteiger partial charge on any atom is 0.258 e. The summed E-state index contributed by atoms with van der Waals surface area (Å²) >= 11 is 1.42. The van der Waals surface area contributed by atoms with Gasteiger partial charge in [0.05, 0.1) is 5.52 Å². The van der Waals surface area contributed by atoms with Crippen molar-refractivity contribution in [3.63, 3.8) is 0 Å². The van der Waals surface area contributed by atoms with Crippen molar-refractivity contribution in [3.8, 4) is 11.1 Å². The van der Waals surface area contributed by atoms with Crippen molar-refractivity contribution in [1.29, 1.82) is 0 Å². The van der Waals surface area contributed by atoms with Crippen LogP contribution in [0.1, 0.15) is 45.4 Å². The van der Waals surface area contributed by atoms with Crippen LogP contribution in [0.25, 0.3) is 22.0 Å². The fourth-order valence-corrected chi connectivity index (χ4v) is 4.57. The summed E-state index contributed by atoms with van der Waals surface area (Å²) in [5.74, 6) is 0.228. The van der Waals surface area contributed by atoms with E-state index in [2.05, 4.69) is 20.5 Å². The highest BCUT2D eigenvalue weighted by atomic mass is 32.1. The number of carbonyl (C=O) groups excluding carboxylic acids is 1. The minimum Gasteiger partial charge on any atom is -0.311 e. The number of pyridine rings is 2. The van der Waals surface area contributed by atoms with Crippen molar-refractivity contribution >= 4 is 33.3 Å². The average Bonchev–Trinajstić information content (AvgIpc) is 3.51. The summed E-state index contributed by atoms with van der Waals surface area (Å²) in [6.45, 7) is 3.83. The quantitative estimate of drug-likeness (QED) is 0.523. The monoisotopic (exact) mass is 431 g/mol. The Hall–Kier alpha value is -3.39. The van der Waals surface area contributed by atoms with Crippen LogP contribution in [0.2, 0.25) is 0 Å². The molecule has 1 saturated carbocycles. The smallest absolute Gasteiger partial charge is 0.258 e. The first-order valence-corrected chi connectivity index (χ1v) is 10.9. The molecule has 7 nitrogen and oxygen atoms in total. The normalized spacial score (nSPS) is 13.5. The fourth-order valence-electron chi connectivity index (χ4n) is 3.66. The lowest BCUT2D eigenvalue weighted by atomic mass is 9.97. The first kappa shape index (κ1) is 19.6. The number of nitrogens with one attached hydrogen (secondary N) is 1. The maximum atomic E-state index is 13.1. The van der Waals surface area contributed by atoms with Crippen LogP contribution in [0.15, 0.2) is 41.3 Å². The number of aromatic nitrogens is 4. The molecule has 3 heterocycles. The second-order valence-electron chi connectivity index (χ2n) is 8.01. The van der Waals surface area contributed by atoms with Crippen molar-refractivity contribution in [2.24, 2.45) is 7.05 Å². The first-order valence-electron chi connectivity index (χ1n) is 10.1. The number of amides is 1. The molecule has 0 unspecified atom stereocenters. The zero-order valence-corrected chi connectivity index (χ0v) is 18.3. The van der Waals surface area contributed by atoms with Crippen LogP contribution < -0.4 is 10.9 Å². The summed E-state index contributed by atoms with van der Waals surface area (Å²) in [5, 5.41) is 13.4. The number of rotatable bonds is 4. The van der Waals surface area contributed by atoms with E-state index in [0.717, 1.165) is 45.6 Å². The SMILES string of the molecule is Cc1cc2c(cn1)cc(-c1cc(C(=O)Nc3nnc(C4CC4)s3)ccc1C)c(=O)n2C. The summed E-state index contributed by atoms with van der Waals surface area (Å²) < 4.78 is 1.63. The van der Waals surface area contributed by atoms with E-state index in [4.69, 9.17) is 0 Å². The van der Waals surface area contributed by atoms with E-state index >= 15 is 0 Å². The molecule has 0 spiro atoms. The lowest BCUT2D eigenvalue weighted by Crippen LogP contribution is -2.20. The predicted octanol–water partition coefficient (Wildman–Crippen LogP) is 4.20. The van der Waals surface area contributed by atoms with Gasteiger partial charge in [-0.15, -0.1) is 10.2 Å². The molecule has 1 N–H and O–H groups in total. The third-order valence-corrected chi connectivity index (χ3v) is 6.62. The van der Waals surface area contributed by atoms with Gasteiger partial charge in [0.15, 0.2) is 0 Å². The van der Waals surface area contributed by atoms with Crippen molar-refractivity contribution in [1.82, 2.24) is 19.7 Å². The third kappa shape index (κ3) is 3.63. The molecule has 8 heteroatoms. The van der Waals surface area contributed by atoms with Gasteiger partial charge in [-0.1, -0.05) is 17.4 Å². The van der Waals surface area contributed by atoms with E-state index in [-0.39, 0.29) is 11.5 Å². The van der Waals surface area contributed by atoms with E-state index < -0.39 is 0 Å². The molecule has 4 aromatic rings. The van der Waals surface area contributed by atoms with Crippen LogP contribution >= 0.6 is 11.3 Å². The molecule has 0 atom stereocenters. The zero-order valence-electron chi connectivity index (χ0n) is 17.5. The topological polar surface area (TPSA) is 89.8 Å². The number of anilines is 1. The number of benzene rings is 1. The van der Waals surface area contributed by atoms with Crippen LogP contribution in [0.4, 0.5) is 5.13 Å². The molecule has 1 fully saturated rings. The van der Waals surface area contributed by atoms with Crippen LogP contribution in [0.3, 0.4) is 0 Å². The van der Waals surface area contributed by atoms with Gasteiger partial charge in [-0.2, -0.15) is 0 Å². The molecule has 5 rings (SSSR count). The van der Waals surface area contributed by atoms with Crippen molar-refractivity contribution in [3.05, 3.63) is 68.7 Å². The molecule has 0 aliphatic heterocycles. The molecular weight excluding hydrogens is 410 g/mol. The van der Waals surface area contributed by atoms with Crippen molar-refractivity contribution in [2.45, 2.75) is 32.6 Å². The highest BCUT2D eigenvalue weighted by molar-refractivity contribution is 7.15. The second kappa shape index (κ2) is 7.39. The van der Waals surface area contributed by atoms with Crippen LogP contribution in [0, 0.1) is 13.8 Å². The lowest BCUT2D eigenvalue weighted by molar-refractivity contribution is 0.102. The Kier molecular flexibility index (Phi) is 4.66. The zero-order chi connectivity index (χ0) is 21.7. The minimum atomic E-state index is -0.269. The number of carbonyl (C=O) groups is 1. The molecule has 0 saturated heterocycles. The van der Waals surface area contributed by atoms with Crippen molar-refractivity contribution < 1.29 is 4.79 Å². The molecular formula is C23H21N5O2S. The summed E-state index contributed by atoms with van der Waals surface area (Å²) in [6.07, 6.45) is 4.05. The highest BCUT2D eigenvalue weighted by Crippen LogP contribution is 2.42. The Morgan fingerprint density at radius 3 is 2.71 bits per heavy atom. The standard InChI is InChI=1S/C23H21N5O2S/c1-12-4-5-15(20(29)25-23-27-26-21(31-23)14-6-7-14)9-17(12)18-10-16-11-24-13(2)8-19(16)28(3)22(18)30/h4-5,8-11,14H,6-7H2,1-3H3,(H,25,27,29). The van der Waals surface area contributed by atoms with Gasteiger partial charge in [0.2, 0.25) is 5.13 Å². The number of nitrogens with zero attached hydrogens (tertiary/aromatic N) is 4. The van der Waals surface area contributed by atoms with Gasteiger partial charge in [-0.05, 0) is 62.1 Å². The van der Waals surface area contributed by atoms with Gasteiger partial charge in [0.1, 0.15) is 5.01 Å². The average molecular weight is 432 g/mol. The number of hydrogen-bond acceptors (Lipinski definition) is 6. The summed E-state index contributed by atoms with van der Waals surface area (Å²) in [5.41, 5.74) is 4.22.